The molecule has 1 fully saturated rings. The predicted molar refractivity (Wildman–Crippen MR) is 73.7 cm³/mol. The molecule has 1 unspecified atom stereocenters. The molecule has 1 heterocycles. The van der Waals surface area contributed by atoms with Crippen molar-refractivity contribution in [2.75, 3.05) is 0 Å². The second-order valence-electron chi connectivity index (χ2n) is 5.32. The molecule has 0 N–H and O–H groups in total. The van der Waals surface area contributed by atoms with Gasteiger partial charge >= 0.3 is 0 Å². The van der Waals surface area contributed by atoms with E-state index in [4.69, 9.17) is 4.52 Å². The van der Waals surface area contributed by atoms with Crippen molar-refractivity contribution in [3.63, 3.8) is 0 Å². The van der Waals surface area contributed by atoms with E-state index in [1.54, 1.807) is 6.92 Å². The van der Waals surface area contributed by atoms with Gasteiger partial charge in [0.1, 0.15) is 11.6 Å². The van der Waals surface area contributed by atoms with Crippen molar-refractivity contribution in [1.82, 2.24) is 10.1 Å². The van der Waals surface area contributed by atoms with Crippen LogP contribution < -0.4 is 0 Å². The molecule has 2 aromatic rings. The van der Waals surface area contributed by atoms with E-state index in [-0.39, 0.29) is 11.6 Å². The zero-order chi connectivity index (χ0) is 15.0. The molecule has 1 aliphatic rings. The SMILES string of the molecule is CC(c1ccc(F)cc1)S(=O)(=O)Cc1nc(C2CC2)no1. The van der Waals surface area contributed by atoms with Crippen LogP contribution in [-0.4, -0.2) is 18.6 Å². The molecule has 5 nitrogen and oxygen atoms in total. The zero-order valence-corrected chi connectivity index (χ0v) is 12.3. The van der Waals surface area contributed by atoms with E-state index >= 15 is 0 Å². The molecule has 0 saturated heterocycles. The van der Waals surface area contributed by atoms with Crippen LogP contribution >= 0.6 is 0 Å². The molecule has 21 heavy (non-hydrogen) atoms. The van der Waals surface area contributed by atoms with Crippen molar-refractivity contribution in [2.24, 2.45) is 0 Å². The molecule has 1 aromatic carbocycles. The van der Waals surface area contributed by atoms with Gasteiger partial charge in [0.15, 0.2) is 15.7 Å². The lowest BCUT2D eigenvalue weighted by Crippen LogP contribution is -2.13. The summed E-state index contributed by atoms with van der Waals surface area (Å²) in [7, 11) is -3.49. The fraction of sp³-hybridized carbons (Fsp3) is 0.429. The van der Waals surface area contributed by atoms with Crippen LogP contribution in [0.15, 0.2) is 28.8 Å². The van der Waals surface area contributed by atoms with Gasteiger partial charge in [0.25, 0.3) is 0 Å². The van der Waals surface area contributed by atoms with Crippen molar-refractivity contribution in [3.8, 4) is 0 Å². The Morgan fingerprint density at radius 2 is 2.00 bits per heavy atom. The van der Waals surface area contributed by atoms with Crippen molar-refractivity contribution in [1.29, 1.82) is 0 Å². The van der Waals surface area contributed by atoms with Gasteiger partial charge in [-0.1, -0.05) is 17.3 Å². The lowest BCUT2D eigenvalue weighted by Gasteiger charge is -2.11. The number of aromatic nitrogens is 2. The van der Waals surface area contributed by atoms with E-state index in [2.05, 4.69) is 10.1 Å². The molecule has 7 heteroatoms. The lowest BCUT2D eigenvalue weighted by molar-refractivity contribution is 0.382. The highest BCUT2D eigenvalue weighted by molar-refractivity contribution is 7.90. The van der Waals surface area contributed by atoms with Gasteiger partial charge in [-0.15, -0.1) is 0 Å². The van der Waals surface area contributed by atoms with E-state index in [1.165, 1.54) is 24.3 Å². The number of hydrogen-bond acceptors (Lipinski definition) is 5. The third-order valence-electron chi connectivity index (χ3n) is 3.63. The number of hydrogen-bond donors (Lipinski definition) is 0. The second-order valence-corrected chi connectivity index (χ2v) is 7.64. The number of halogens is 1. The average molecular weight is 310 g/mol. The predicted octanol–water partition coefficient (Wildman–Crippen LogP) is 2.76. The van der Waals surface area contributed by atoms with E-state index in [0.29, 0.717) is 17.3 Å². The minimum atomic E-state index is -3.49. The highest BCUT2D eigenvalue weighted by Gasteiger charge is 2.31. The van der Waals surface area contributed by atoms with Crippen LogP contribution in [0.4, 0.5) is 4.39 Å². The number of rotatable bonds is 5. The van der Waals surface area contributed by atoms with Gasteiger partial charge < -0.3 is 4.52 Å². The molecule has 1 aliphatic carbocycles. The molecule has 0 aliphatic heterocycles. The lowest BCUT2D eigenvalue weighted by atomic mass is 10.2. The Morgan fingerprint density at radius 1 is 1.33 bits per heavy atom. The molecule has 1 aromatic heterocycles. The van der Waals surface area contributed by atoms with Crippen molar-refractivity contribution in [2.45, 2.75) is 36.7 Å². The van der Waals surface area contributed by atoms with Crippen LogP contribution in [0.25, 0.3) is 0 Å². The fourth-order valence-electron chi connectivity index (χ4n) is 2.07. The Hall–Kier alpha value is -1.76. The monoisotopic (exact) mass is 310 g/mol. The molecule has 1 saturated carbocycles. The summed E-state index contributed by atoms with van der Waals surface area (Å²) in [5, 5.41) is 3.05. The zero-order valence-electron chi connectivity index (χ0n) is 11.5. The molecule has 112 valence electrons. The smallest absolute Gasteiger partial charge is 0.241 e. The summed E-state index contributed by atoms with van der Waals surface area (Å²) in [5.74, 6) is 0.334. The van der Waals surface area contributed by atoms with Gasteiger partial charge in [-0.2, -0.15) is 4.98 Å². The third-order valence-corrected chi connectivity index (χ3v) is 5.63. The fourth-order valence-corrected chi connectivity index (χ4v) is 3.36. The molecule has 1 atom stereocenters. The molecular formula is C14H15FN2O3S. The summed E-state index contributed by atoms with van der Waals surface area (Å²) in [6, 6.07) is 5.44. The minimum Gasteiger partial charge on any atom is -0.338 e. The third kappa shape index (κ3) is 3.12. The Morgan fingerprint density at radius 3 is 2.62 bits per heavy atom. The number of nitrogens with zero attached hydrogens (tertiary/aromatic N) is 2. The van der Waals surface area contributed by atoms with Crippen LogP contribution in [0.3, 0.4) is 0 Å². The van der Waals surface area contributed by atoms with Gasteiger partial charge in [0, 0.05) is 5.92 Å². The van der Waals surface area contributed by atoms with Crippen molar-refractivity contribution >= 4 is 9.84 Å². The summed E-state index contributed by atoms with van der Waals surface area (Å²) < 4.78 is 42.6. The van der Waals surface area contributed by atoms with Crippen LogP contribution in [0, 0.1) is 5.82 Å². The topological polar surface area (TPSA) is 73.1 Å². The Labute approximate surface area is 122 Å². The van der Waals surface area contributed by atoms with Crippen LogP contribution in [0.2, 0.25) is 0 Å². The second kappa shape index (κ2) is 5.22. The van der Waals surface area contributed by atoms with Crippen LogP contribution in [-0.2, 0) is 15.6 Å². The Balaban J connectivity index is 1.76. The number of benzene rings is 1. The maximum Gasteiger partial charge on any atom is 0.241 e. The maximum atomic E-state index is 12.9. The highest BCUT2D eigenvalue weighted by atomic mass is 32.2. The van der Waals surface area contributed by atoms with Gasteiger partial charge in [0.2, 0.25) is 5.89 Å². The van der Waals surface area contributed by atoms with Gasteiger partial charge in [-0.05, 0) is 37.5 Å². The first-order valence-electron chi connectivity index (χ1n) is 6.75. The Kier molecular flexibility index (Phi) is 3.52. The summed E-state index contributed by atoms with van der Waals surface area (Å²) in [5.41, 5.74) is 0.540. The van der Waals surface area contributed by atoms with E-state index in [9.17, 15) is 12.8 Å². The molecule has 0 spiro atoms. The van der Waals surface area contributed by atoms with Crippen molar-refractivity contribution in [3.05, 3.63) is 47.4 Å². The number of sulfone groups is 1. The van der Waals surface area contributed by atoms with Crippen LogP contribution in [0.5, 0.6) is 0 Å². The Bertz CT molecular complexity index is 736. The summed E-state index contributed by atoms with van der Waals surface area (Å²) in [4.78, 5) is 4.13. The van der Waals surface area contributed by atoms with E-state index in [1.807, 2.05) is 0 Å². The first-order valence-corrected chi connectivity index (χ1v) is 8.47. The van der Waals surface area contributed by atoms with Gasteiger partial charge in [-0.3, -0.25) is 0 Å². The van der Waals surface area contributed by atoms with Gasteiger partial charge in [0.05, 0.1) is 5.25 Å². The molecular weight excluding hydrogens is 295 g/mol. The van der Waals surface area contributed by atoms with E-state index < -0.39 is 20.9 Å². The summed E-state index contributed by atoms with van der Waals surface area (Å²) in [6.07, 6.45) is 2.05. The molecule has 3 rings (SSSR count). The molecule has 0 amide bonds. The quantitative estimate of drug-likeness (QED) is 0.849. The van der Waals surface area contributed by atoms with Gasteiger partial charge in [-0.25, -0.2) is 12.8 Å². The first-order chi connectivity index (χ1) is 9.95. The molecule has 0 radical (unpaired) electrons. The largest absolute Gasteiger partial charge is 0.338 e. The van der Waals surface area contributed by atoms with E-state index in [0.717, 1.165) is 12.8 Å². The van der Waals surface area contributed by atoms with Crippen molar-refractivity contribution < 1.29 is 17.3 Å². The maximum absolute atomic E-state index is 12.9. The average Bonchev–Trinajstić information content (AvgIpc) is 3.20. The summed E-state index contributed by atoms with van der Waals surface area (Å²) >= 11 is 0. The molecule has 0 bridgehead atoms. The summed E-state index contributed by atoms with van der Waals surface area (Å²) in [6.45, 7) is 1.57. The standard InChI is InChI=1S/C14H15FN2O3S/c1-9(10-4-6-12(15)7-5-10)21(18,19)8-13-16-14(17-20-13)11-2-3-11/h4-7,9,11H,2-3,8H2,1H3. The van der Waals surface area contributed by atoms with Crippen LogP contribution in [0.1, 0.15) is 48.2 Å². The first kappa shape index (κ1) is 14.2. The normalized spacial score (nSPS) is 16.9. The minimum absolute atomic E-state index is 0.117. The highest BCUT2D eigenvalue weighted by Crippen LogP contribution is 2.38.